The molecule has 190 valence electrons. The maximum Gasteiger partial charge on any atom is 0.308 e. The van der Waals surface area contributed by atoms with Crippen LogP contribution in [0.25, 0.3) is 0 Å². The molecule has 2 N–H and O–H groups in total. The molecular formula is C23H45NO8. The van der Waals surface area contributed by atoms with Crippen molar-refractivity contribution >= 4 is 11.8 Å². The van der Waals surface area contributed by atoms with E-state index in [4.69, 9.17) is 34.2 Å². The van der Waals surface area contributed by atoms with E-state index in [0.717, 1.165) is 0 Å². The molecule has 0 aliphatic carbocycles. The van der Waals surface area contributed by atoms with Gasteiger partial charge in [-0.25, -0.2) is 0 Å². The van der Waals surface area contributed by atoms with E-state index in [1.807, 2.05) is 41.5 Å². The van der Waals surface area contributed by atoms with E-state index in [-0.39, 0.29) is 30.4 Å². The topological polar surface area (TPSA) is 116 Å². The maximum atomic E-state index is 11.9. The summed E-state index contributed by atoms with van der Waals surface area (Å²) in [6.45, 7) is 15.0. The minimum Gasteiger partial charge on any atom is -0.460 e. The summed E-state index contributed by atoms with van der Waals surface area (Å²) in [5, 5.41) is 0. The predicted octanol–water partition coefficient (Wildman–Crippen LogP) is 2.28. The molecule has 0 heterocycles. The number of ketones is 1. The van der Waals surface area contributed by atoms with Gasteiger partial charge in [0.2, 0.25) is 0 Å². The number of hydrogen-bond donors (Lipinski definition) is 1. The molecule has 0 fully saturated rings. The van der Waals surface area contributed by atoms with Crippen LogP contribution in [0.15, 0.2) is 0 Å². The third-order valence-corrected chi connectivity index (χ3v) is 3.81. The lowest BCUT2D eigenvalue weighted by Gasteiger charge is -2.21. The fourth-order valence-electron chi connectivity index (χ4n) is 2.28. The van der Waals surface area contributed by atoms with Crippen LogP contribution in [0.1, 0.15) is 60.8 Å². The first kappa shape index (κ1) is 30.9. The maximum absolute atomic E-state index is 11.9. The third-order valence-electron chi connectivity index (χ3n) is 3.81. The number of ether oxygens (including phenoxy) is 6. The van der Waals surface area contributed by atoms with Gasteiger partial charge in [-0.1, -0.05) is 0 Å². The number of rotatable bonds is 19. The van der Waals surface area contributed by atoms with E-state index in [1.165, 1.54) is 0 Å². The SMILES string of the molecule is CC(C)(C)OC[C@H](N)C(=O)CCCOCCOCCOCCOCCC(=O)OC(C)(C)C. The zero-order valence-corrected chi connectivity index (χ0v) is 20.9. The molecule has 1 atom stereocenters. The molecule has 32 heavy (non-hydrogen) atoms. The highest BCUT2D eigenvalue weighted by Gasteiger charge is 2.18. The first-order valence-corrected chi connectivity index (χ1v) is 11.4. The standard InChI is InChI=1S/C23H45NO8/c1-22(2,3)31-18-19(24)20(25)8-7-10-27-12-14-29-16-17-30-15-13-28-11-9-21(26)32-23(4,5)6/h19H,7-18,24H2,1-6H3/t19-/m0/s1. The molecule has 0 saturated carbocycles. The van der Waals surface area contributed by atoms with Crippen LogP contribution in [-0.2, 0) is 38.0 Å². The molecule has 0 aliphatic heterocycles. The van der Waals surface area contributed by atoms with Gasteiger partial charge in [0, 0.05) is 13.0 Å². The van der Waals surface area contributed by atoms with Crippen molar-refractivity contribution in [1.29, 1.82) is 0 Å². The molecule has 0 bridgehead atoms. The summed E-state index contributed by atoms with van der Waals surface area (Å²) in [5.41, 5.74) is 5.06. The quantitative estimate of drug-likeness (QED) is 0.227. The Kier molecular flexibility index (Phi) is 16.8. The zero-order valence-electron chi connectivity index (χ0n) is 20.9. The second-order valence-electron chi connectivity index (χ2n) is 9.39. The summed E-state index contributed by atoms with van der Waals surface area (Å²) in [5.74, 6) is -0.282. The van der Waals surface area contributed by atoms with Crippen molar-refractivity contribution in [2.75, 3.05) is 59.5 Å². The Balaban J connectivity index is 3.36. The lowest BCUT2D eigenvalue weighted by Crippen LogP contribution is -2.38. The summed E-state index contributed by atoms with van der Waals surface area (Å²) in [6, 6.07) is -0.590. The van der Waals surface area contributed by atoms with Crippen LogP contribution >= 0.6 is 0 Å². The fraction of sp³-hybridized carbons (Fsp3) is 0.913. The summed E-state index contributed by atoms with van der Waals surface area (Å²) in [6.07, 6.45) is 1.23. The molecule has 0 amide bonds. The van der Waals surface area contributed by atoms with Crippen molar-refractivity contribution in [3.05, 3.63) is 0 Å². The van der Waals surface area contributed by atoms with E-state index < -0.39 is 11.6 Å². The van der Waals surface area contributed by atoms with Crippen molar-refractivity contribution in [2.45, 2.75) is 78.0 Å². The molecular weight excluding hydrogens is 418 g/mol. The van der Waals surface area contributed by atoms with E-state index in [9.17, 15) is 9.59 Å². The minimum absolute atomic E-state index is 0.0138. The van der Waals surface area contributed by atoms with E-state index in [2.05, 4.69) is 0 Å². The highest BCUT2D eigenvalue weighted by molar-refractivity contribution is 5.83. The summed E-state index contributed by atoms with van der Waals surface area (Å²) in [7, 11) is 0. The molecule has 9 heteroatoms. The van der Waals surface area contributed by atoms with Gasteiger partial charge in [-0.15, -0.1) is 0 Å². The number of nitrogens with two attached hydrogens (primary N) is 1. The molecule has 0 aromatic heterocycles. The Hall–Kier alpha value is -1.10. The molecule has 0 unspecified atom stereocenters. The van der Waals surface area contributed by atoms with E-state index >= 15 is 0 Å². The van der Waals surface area contributed by atoms with Crippen molar-refractivity contribution < 1.29 is 38.0 Å². The van der Waals surface area contributed by atoms with Gasteiger partial charge < -0.3 is 34.2 Å². The van der Waals surface area contributed by atoms with Crippen LogP contribution in [-0.4, -0.2) is 88.5 Å². The van der Waals surface area contributed by atoms with Gasteiger partial charge in [0.25, 0.3) is 0 Å². The Bertz CT molecular complexity index is 499. The van der Waals surface area contributed by atoms with Crippen LogP contribution in [0.5, 0.6) is 0 Å². The molecule has 9 nitrogen and oxygen atoms in total. The van der Waals surface area contributed by atoms with Gasteiger partial charge in [0.1, 0.15) is 5.60 Å². The highest BCUT2D eigenvalue weighted by atomic mass is 16.6. The lowest BCUT2D eigenvalue weighted by molar-refractivity contribution is -0.156. The highest BCUT2D eigenvalue weighted by Crippen LogP contribution is 2.08. The van der Waals surface area contributed by atoms with Crippen molar-refractivity contribution in [3.8, 4) is 0 Å². The Morgan fingerprint density at radius 1 is 0.688 bits per heavy atom. The number of esters is 1. The number of carbonyl (C=O) groups is 2. The second-order valence-corrected chi connectivity index (χ2v) is 9.39. The molecule has 0 spiro atoms. The fourth-order valence-corrected chi connectivity index (χ4v) is 2.28. The zero-order chi connectivity index (χ0) is 24.5. The number of Topliss-reactive ketones (excluding diaryl/α,β-unsaturated/α-hetero) is 1. The van der Waals surface area contributed by atoms with Crippen LogP contribution in [0.3, 0.4) is 0 Å². The first-order chi connectivity index (χ1) is 14.9. The third kappa shape index (κ3) is 22.1. The lowest BCUT2D eigenvalue weighted by atomic mass is 10.1. The average molecular weight is 464 g/mol. The number of hydrogen-bond acceptors (Lipinski definition) is 9. The van der Waals surface area contributed by atoms with E-state index in [0.29, 0.717) is 65.7 Å². The molecule has 0 aromatic rings. The van der Waals surface area contributed by atoms with Crippen LogP contribution in [0, 0.1) is 0 Å². The first-order valence-electron chi connectivity index (χ1n) is 11.4. The smallest absolute Gasteiger partial charge is 0.308 e. The Labute approximate surface area is 193 Å². The van der Waals surface area contributed by atoms with Crippen molar-refractivity contribution in [2.24, 2.45) is 5.73 Å². The summed E-state index contributed by atoms with van der Waals surface area (Å²) in [4.78, 5) is 23.4. The van der Waals surface area contributed by atoms with Gasteiger partial charge in [0.05, 0.1) is 70.9 Å². The number of carbonyl (C=O) groups excluding carboxylic acids is 2. The second kappa shape index (κ2) is 17.4. The largest absolute Gasteiger partial charge is 0.460 e. The molecule has 0 radical (unpaired) electrons. The minimum atomic E-state index is -0.590. The summed E-state index contributed by atoms with van der Waals surface area (Å²) < 4.78 is 32.3. The van der Waals surface area contributed by atoms with Gasteiger partial charge in [-0.2, -0.15) is 0 Å². The van der Waals surface area contributed by atoms with Gasteiger partial charge in [-0.05, 0) is 48.0 Å². The average Bonchev–Trinajstić information content (AvgIpc) is 2.66. The van der Waals surface area contributed by atoms with Crippen LogP contribution < -0.4 is 5.73 Å². The Morgan fingerprint density at radius 2 is 1.16 bits per heavy atom. The van der Waals surface area contributed by atoms with Gasteiger partial charge in [0.15, 0.2) is 5.78 Å². The molecule has 0 aliphatic rings. The van der Waals surface area contributed by atoms with Crippen LogP contribution in [0.2, 0.25) is 0 Å². The molecule has 0 rings (SSSR count). The molecule has 0 aromatic carbocycles. The van der Waals surface area contributed by atoms with E-state index in [1.54, 1.807) is 0 Å². The van der Waals surface area contributed by atoms with Crippen LogP contribution in [0.4, 0.5) is 0 Å². The van der Waals surface area contributed by atoms with Gasteiger partial charge in [-0.3, -0.25) is 9.59 Å². The van der Waals surface area contributed by atoms with Crippen molar-refractivity contribution in [1.82, 2.24) is 0 Å². The monoisotopic (exact) mass is 463 g/mol. The Morgan fingerprint density at radius 3 is 1.62 bits per heavy atom. The predicted molar refractivity (Wildman–Crippen MR) is 122 cm³/mol. The molecule has 0 saturated heterocycles. The van der Waals surface area contributed by atoms with Gasteiger partial charge >= 0.3 is 5.97 Å². The summed E-state index contributed by atoms with van der Waals surface area (Å²) >= 11 is 0. The van der Waals surface area contributed by atoms with Crippen molar-refractivity contribution in [3.63, 3.8) is 0 Å². The normalized spacial score (nSPS) is 13.2.